The number of hydrogen-bond donors (Lipinski definition) is 1. The van der Waals surface area contributed by atoms with Crippen molar-refractivity contribution in [3.63, 3.8) is 0 Å². The number of nitrogens with one attached hydrogen (secondary N) is 1. The Morgan fingerprint density at radius 3 is 2.74 bits per heavy atom. The maximum absolute atomic E-state index is 11.5. The van der Waals surface area contributed by atoms with Gasteiger partial charge in [-0.15, -0.1) is 0 Å². The van der Waals surface area contributed by atoms with Crippen LogP contribution in [0, 0.1) is 0 Å². The molecular formula is C15H21N3O. The molecular weight excluding hydrogens is 238 g/mol. The molecule has 102 valence electrons. The van der Waals surface area contributed by atoms with Gasteiger partial charge in [0.1, 0.15) is 0 Å². The van der Waals surface area contributed by atoms with E-state index < -0.39 is 0 Å². The van der Waals surface area contributed by atoms with Crippen molar-refractivity contribution in [3.05, 3.63) is 36.9 Å². The van der Waals surface area contributed by atoms with E-state index in [0.29, 0.717) is 0 Å². The smallest absolute Gasteiger partial charge is 0.247 e. The molecule has 1 heterocycles. The van der Waals surface area contributed by atoms with E-state index in [0.717, 1.165) is 31.0 Å². The number of anilines is 2. The summed E-state index contributed by atoms with van der Waals surface area (Å²) in [6.45, 7) is 8.67. The van der Waals surface area contributed by atoms with Crippen LogP contribution in [-0.2, 0) is 4.79 Å². The number of nitrogens with zero attached hydrogens (tertiary/aromatic N) is 2. The van der Waals surface area contributed by atoms with Crippen LogP contribution in [0.15, 0.2) is 36.9 Å². The quantitative estimate of drug-likeness (QED) is 0.826. The summed E-state index contributed by atoms with van der Waals surface area (Å²) in [5, 5.41) is 7.46. The van der Waals surface area contributed by atoms with E-state index in [-0.39, 0.29) is 5.91 Å². The van der Waals surface area contributed by atoms with Gasteiger partial charge in [0.2, 0.25) is 5.91 Å². The second kappa shape index (κ2) is 6.38. The van der Waals surface area contributed by atoms with Gasteiger partial charge in [0.05, 0.1) is 11.4 Å². The molecule has 1 fully saturated rings. The van der Waals surface area contributed by atoms with Crippen LogP contribution in [0.3, 0.4) is 0 Å². The van der Waals surface area contributed by atoms with Crippen molar-refractivity contribution in [2.45, 2.75) is 19.8 Å². The maximum Gasteiger partial charge on any atom is 0.247 e. The van der Waals surface area contributed by atoms with Crippen LogP contribution >= 0.6 is 0 Å². The zero-order chi connectivity index (χ0) is 13.7. The van der Waals surface area contributed by atoms with Crippen molar-refractivity contribution in [1.82, 2.24) is 5.01 Å². The summed E-state index contributed by atoms with van der Waals surface area (Å²) in [6, 6.07) is 7.90. The van der Waals surface area contributed by atoms with Gasteiger partial charge in [-0.3, -0.25) is 4.79 Å². The van der Waals surface area contributed by atoms with Crippen molar-refractivity contribution in [3.8, 4) is 0 Å². The fourth-order valence-corrected chi connectivity index (χ4v) is 2.45. The lowest BCUT2D eigenvalue weighted by molar-refractivity contribution is -0.111. The first kappa shape index (κ1) is 13.6. The van der Waals surface area contributed by atoms with Crippen molar-refractivity contribution >= 4 is 17.3 Å². The first-order chi connectivity index (χ1) is 9.26. The monoisotopic (exact) mass is 259 g/mol. The second-order valence-corrected chi connectivity index (χ2v) is 4.59. The van der Waals surface area contributed by atoms with E-state index in [1.165, 1.54) is 18.9 Å². The second-order valence-electron chi connectivity index (χ2n) is 4.59. The molecule has 4 heteroatoms. The van der Waals surface area contributed by atoms with Gasteiger partial charge in [-0.05, 0) is 38.0 Å². The Labute approximate surface area is 114 Å². The number of hydrogen-bond acceptors (Lipinski definition) is 3. The molecule has 2 rings (SSSR count). The molecule has 0 spiro atoms. The molecule has 19 heavy (non-hydrogen) atoms. The van der Waals surface area contributed by atoms with Crippen molar-refractivity contribution in [2.75, 3.05) is 30.0 Å². The molecule has 1 aliphatic heterocycles. The molecule has 1 aromatic carbocycles. The third-order valence-electron chi connectivity index (χ3n) is 3.35. The summed E-state index contributed by atoms with van der Waals surface area (Å²) in [5.41, 5.74) is 1.88. The molecule has 0 unspecified atom stereocenters. The number of para-hydroxylation sites is 2. The number of amides is 1. The Morgan fingerprint density at radius 1 is 1.42 bits per heavy atom. The Hall–Kier alpha value is -1.81. The van der Waals surface area contributed by atoms with Crippen LogP contribution in [0.25, 0.3) is 0 Å². The van der Waals surface area contributed by atoms with Gasteiger partial charge < -0.3 is 10.3 Å². The highest BCUT2D eigenvalue weighted by atomic mass is 16.1. The summed E-state index contributed by atoms with van der Waals surface area (Å²) < 4.78 is 0. The third kappa shape index (κ3) is 3.15. The normalized spacial score (nSPS) is 15.2. The largest absolute Gasteiger partial charge is 0.321 e. The van der Waals surface area contributed by atoms with E-state index in [1.807, 2.05) is 24.3 Å². The number of carbonyl (C=O) groups is 1. The molecule has 0 aromatic heterocycles. The fraction of sp³-hybridized carbons (Fsp3) is 0.400. The van der Waals surface area contributed by atoms with Crippen LogP contribution < -0.4 is 10.3 Å². The Balaban J connectivity index is 2.25. The molecule has 4 nitrogen and oxygen atoms in total. The van der Waals surface area contributed by atoms with Crippen molar-refractivity contribution in [2.24, 2.45) is 0 Å². The molecule has 1 amide bonds. The molecule has 1 saturated heterocycles. The lowest BCUT2D eigenvalue weighted by Crippen LogP contribution is -2.41. The standard InChI is InChI=1S/C15H21N3O/c1-3-15(19)16-13-9-5-6-10-14(13)18(4-2)17-11-7-8-12-17/h3,5-6,9-10H,1,4,7-8,11-12H2,2H3,(H,16,19). The molecule has 0 saturated carbocycles. The average molecular weight is 259 g/mol. The van der Waals surface area contributed by atoms with E-state index in [9.17, 15) is 4.79 Å². The topological polar surface area (TPSA) is 35.6 Å². The van der Waals surface area contributed by atoms with Crippen LogP contribution in [0.4, 0.5) is 11.4 Å². The third-order valence-corrected chi connectivity index (χ3v) is 3.35. The minimum atomic E-state index is -0.176. The molecule has 1 aromatic rings. The van der Waals surface area contributed by atoms with Crippen LogP contribution in [-0.4, -0.2) is 30.6 Å². The van der Waals surface area contributed by atoms with E-state index >= 15 is 0 Å². The Morgan fingerprint density at radius 2 is 2.11 bits per heavy atom. The summed E-state index contributed by atoms with van der Waals surface area (Å²) >= 11 is 0. The first-order valence-corrected chi connectivity index (χ1v) is 6.81. The van der Waals surface area contributed by atoms with E-state index in [4.69, 9.17) is 0 Å². The molecule has 0 aliphatic carbocycles. The highest BCUT2D eigenvalue weighted by Gasteiger charge is 2.20. The average Bonchev–Trinajstić information content (AvgIpc) is 2.95. The zero-order valence-corrected chi connectivity index (χ0v) is 11.4. The fourth-order valence-electron chi connectivity index (χ4n) is 2.45. The number of hydrazine groups is 1. The maximum atomic E-state index is 11.5. The Kier molecular flexibility index (Phi) is 4.58. The highest BCUT2D eigenvalue weighted by Crippen LogP contribution is 2.28. The van der Waals surface area contributed by atoms with Gasteiger partial charge in [-0.1, -0.05) is 18.7 Å². The minimum absolute atomic E-state index is 0.176. The van der Waals surface area contributed by atoms with Crippen molar-refractivity contribution in [1.29, 1.82) is 0 Å². The zero-order valence-electron chi connectivity index (χ0n) is 11.4. The van der Waals surface area contributed by atoms with Crippen LogP contribution in [0.5, 0.6) is 0 Å². The predicted octanol–water partition coefficient (Wildman–Crippen LogP) is 2.65. The van der Waals surface area contributed by atoms with Crippen LogP contribution in [0.2, 0.25) is 0 Å². The molecule has 0 atom stereocenters. The van der Waals surface area contributed by atoms with Gasteiger partial charge in [-0.25, -0.2) is 5.01 Å². The number of benzene rings is 1. The van der Waals surface area contributed by atoms with Gasteiger partial charge in [0.15, 0.2) is 0 Å². The summed E-state index contributed by atoms with van der Waals surface area (Å²) in [4.78, 5) is 11.5. The first-order valence-electron chi connectivity index (χ1n) is 6.81. The lowest BCUT2D eigenvalue weighted by atomic mass is 10.2. The SMILES string of the molecule is C=CC(=O)Nc1ccccc1N(CC)N1CCCC1. The Bertz CT molecular complexity index is 452. The van der Waals surface area contributed by atoms with Crippen LogP contribution in [0.1, 0.15) is 19.8 Å². The van der Waals surface area contributed by atoms with Gasteiger partial charge >= 0.3 is 0 Å². The van der Waals surface area contributed by atoms with Gasteiger partial charge in [0, 0.05) is 19.6 Å². The molecule has 1 aliphatic rings. The molecule has 0 bridgehead atoms. The molecule has 0 radical (unpaired) electrons. The number of rotatable bonds is 5. The predicted molar refractivity (Wildman–Crippen MR) is 79.1 cm³/mol. The van der Waals surface area contributed by atoms with Gasteiger partial charge in [-0.2, -0.15) is 0 Å². The van der Waals surface area contributed by atoms with E-state index in [1.54, 1.807) is 0 Å². The van der Waals surface area contributed by atoms with Gasteiger partial charge in [0.25, 0.3) is 0 Å². The molecule has 1 N–H and O–H groups in total. The summed E-state index contributed by atoms with van der Waals surface area (Å²) in [7, 11) is 0. The lowest BCUT2D eigenvalue weighted by Gasteiger charge is -2.34. The van der Waals surface area contributed by atoms with Crippen molar-refractivity contribution < 1.29 is 4.79 Å². The summed E-state index contributed by atoms with van der Waals surface area (Å²) in [6.07, 6.45) is 3.76. The summed E-state index contributed by atoms with van der Waals surface area (Å²) in [5.74, 6) is -0.176. The highest BCUT2D eigenvalue weighted by molar-refractivity contribution is 6.01. The van der Waals surface area contributed by atoms with E-state index in [2.05, 4.69) is 28.8 Å². The minimum Gasteiger partial charge on any atom is -0.321 e. The number of carbonyl (C=O) groups excluding carboxylic acids is 1.